The van der Waals surface area contributed by atoms with Crippen molar-refractivity contribution in [2.45, 2.75) is 38.5 Å². The Balaban J connectivity index is 0.000000419. The fourth-order valence-corrected chi connectivity index (χ4v) is 4.64. The second-order valence-corrected chi connectivity index (χ2v) is 12.1. The van der Waals surface area contributed by atoms with Crippen LogP contribution in [0.1, 0.15) is 38.5 Å². The van der Waals surface area contributed by atoms with Gasteiger partial charge in [-0.15, -0.1) is 5.06 Å². The molecule has 3 heterocycles. The highest BCUT2D eigenvalue weighted by Crippen LogP contribution is 2.12. The number of rotatable bonds is 31. The third kappa shape index (κ3) is 22.3. The molecule has 0 aromatic heterocycles. The zero-order valence-electron chi connectivity index (χ0n) is 32.6. The number of amides is 8. The van der Waals surface area contributed by atoms with E-state index < -0.39 is 47.4 Å². The molecule has 328 valence electrons. The van der Waals surface area contributed by atoms with E-state index in [2.05, 4.69) is 10.6 Å². The van der Waals surface area contributed by atoms with Gasteiger partial charge in [-0.1, -0.05) is 0 Å². The molecule has 0 spiro atoms. The fourth-order valence-electron chi connectivity index (χ4n) is 4.64. The Morgan fingerprint density at radius 1 is 0.492 bits per heavy atom. The van der Waals surface area contributed by atoms with Gasteiger partial charge < -0.3 is 49.0 Å². The van der Waals surface area contributed by atoms with Crippen LogP contribution in [0.4, 0.5) is 0 Å². The molecule has 0 radical (unpaired) electrons. The fraction of sp³-hybridized carbons (Fsp3) is 0.611. The van der Waals surface area contributed by atoms with Crippen molar-refractivity contribution in [2.75, 3.05) is 105 Å². The van der Waals surface area contributed by atoms with Crippen molar-refractivity contribution >= 4 is 59.2 Å². The SMILES string of the molecule is O=C(CCN1C(=O)C=CC1=O)NCCOCCOCCOCCC(=O)ON1C(=O)CCC1=O.O=C(O)CCOCCOCCOCCNC(=O)CCN1C(=O)C=CC1=O. The summed E-state index contributed by atoms with van der Waals surface area (Å²) in [6, 6.07) is 0. The van der Waals surface area contributed by atoms with E-state index in [1.165, 1.54) is 24.3 Å². The summed E-state index contributed by atoms with van der Waals surface area (Å²) in [4.78, 5) is 120. The maximum Gasteiger partial charge on any atom is 0.335 e. The molecule has 0 aromatic carbocycles. The molecule has 23 nitrogen and oxygen atoms in total. The van der Waals surface area contributed by atoms with Gasteiger partial charge in [0.2, 0.25) is 11.8 Å². The summed E-state index contributed by atoms with van der Waals surface area (Å²) in [5.41, 5.74) is 0. The lowest BCUT2D eigenvalue weighted by atomic mass is 10.3. The van der Waals surface area contributed by atoms with Crippen LogP contribution in [0, 0.1) is 0 Å². The number of imide groups is 3. The van der Waals surface area contributed by atoms with Crippen LogP contribution in [0.2, 0.25) is 0 Å². The number of nitrogens with zero attached hydrogens (tertiary/aromatic N) is 3. The average molecular weight is 842 g/mol. The Bertz CT molecular complexity index is 1470. The molecule has 0 saturated carbocycles. The summed E-state index contributed by atoms with van der Waals surface area (Å²) in [5.74, 6) is -4.89. The number of carbonyl (C=O) groups is 10. The lowest BCUT2D eigenvalue weighted by Gasteiger charge is -2.13. The van der Waals surface area contributed by atoms with Crippen LogP contribution < -0.4 is 10.6 Å². The molecule has 3 rings (SSSR count). The van der Waals surface area contributed by atoms with E-state index in [0.29, 0.717) is 57.9 Å². The van der Waals surface area contributed by atoms with Crippen molar-refractivity contribution in [3.63, 3.8) is 0 Å². The van der Waals surface area contributed by atoms with Gasteiger partial charge in [-0.3, -0.25) is 53.0 Å². The van der Waals surface area contributed by atoms with E-state index in [4.69, 9.17) is 38.4 Å². The zero-order valence-corrected chi connectivity index (χ0v) is 32.6. The van der Waals surface area contributed by atoms with Crippen molar-refractivity contribution in [1.82, 2.24) is 25.5 Å². The molecule has 3 N–H and O–H groups in total. The molecule has 0 aliphatic carbocycles. The minimum atomic E-state index is -0.901. The van der Waals surface area contributed by atoms with Crippen molar-refractivity contribution in [1.29, 1.82) is 0 Å². The van der Waals surface area contributed by atoms with Gasteiger partial charge in [0.15, 0.2) is 0 Å². The van der Waals surface area contributed by atoms with E-state index in [9.17, 15) is 47.9 Å². The summed E-state index contributed by atoms with van der Waals surface area (Å²) in [6.45, 7) is 4.02. The minimum absolute atomic E-state index is 0.0223. The molecular weight excluding hydrogens is 790 g/mol. The van der Waals surface area contributed by atoms with E-state index in [1.807, 2.05) is 0 Å². The summed E-state index contributed by atoms with van der Waals surface area (Å²) >= 11 is 0. The lowest BCUT2D eigenvalue weighted by Crippen LogP contribution is -2.35. The highest BCUT2D eigenvalue weighted by Gasteiger charge is 2.32. The normalized spacial score (nSPS) is 14.7. The largest absolute Gasteiger partial charge is 0.481 e. The maximum absolute atomic E-state index is 11.7. The Hall–Kier alpha value is -5.46. The van der Waals surface area contributed by atoms with Gasteiger partial charge in [0.25, 0.3) is 35.4 Å². The van der Waals surface area contributed by atoms with Crippen molar-refractivity contribution in [2.24, 2.45) is 0 Å². The van der Waals surface area contributed by atoms with E-state index in [0.717, 1.165) is 9.80 Å². The first-order chi connectivity index (χ1) is 28.4. The van der Waals surface area contributed by atoms with Crippen molar-refractivity contribution in [3.05, 3.63) is 24.3 Å². The number of hydrogen-bond acceptors (Lipinski definition) is 17. The van der Waals surface area contributed by atoms with Crippen LogP contribution in [-0.2, 0) is 81.2 Å². The molecule has 23 heteroatoms. The van der Waals surface area contributed by atoms with E-state index in [1.54, 1.807) is 0 Å². The Morgan fingerprint density at radius 3 is 1.20 bits per heavy atom. The van der Waals surface area contributed by atoms with Gasteiger partial charge in [-0.25, -0.2) is 4.79 Å². The monoisotopic (exact) mass is 841 g/mol. The molecule has 0 atom stereocenters. The molecule has 0 aromatic rings. The highest BCUT2D eigenvalue weighted by atomic mass is 16.7. The molecule has 1 fully saturated rings. The first kappa shape index (κ1) is 49.7. The molecule has 3 aliphatic rings. The quantitative estimate of drug-likeness (QED) is 0.0477. The number of carbonyl (C=O) groups excluding carboxylic acids is 9. The van der Waals surface area contributed by atoms with Gasteiger partial charge in [0.05, 0.1) is 92.1 Å². The third-order valence-electron chi connectivity index (χ3n) is 7.66. The standard InChI is InChI=1S/C20H27N3O10.C16H24N2O8/c24-15(5-8-22-16(25)1-2-17(22)26)21-7-10-31-12-14-32-13-11-30-9-6-20(29)33-23-18(27)3-4-19(23)28;19-13(3-6-18-14(20)1-2-15(18)21)17-5-8-25-10-12-26-11-9-24-7-4-16(22)23/h1-2H,3-14H2,(H,21,24);1-2H,3-12H2,(H,17,19)(H,22,23). The number of ether oxygens (including phenoxy) is 6. The number of hydrogen-bond donors (Lipinski definition) is 3. The molecular formula is C36H51N5O18. The topological polar surface area (TPSA) is 289 Å². The predicted molar refractivity (Wildman–Crippen MR) is 196 cm³/mol. The molecule has 0 unspecified atom stereocenters. The molecule has 59 heavy (non-hydrogen) atoms. The molecule has 8 amide bonds. The predicted octanol–water partition coefficient (Wildman–Crippen LogP) is -2.59. The van der Waals surface area contributed by atoms with Gasteiger partial charge >= 0.3 is 11.9 Å². The first-order valence-electron chi connectivity index (χ1n) is 18.7. The number of carboxylic acid groups (broad SMARTS) is 1. The van der Waals surface area contributed by atoms with E-state index in [-0.39, 0.29) is 103 Å². The number of hydroxylamine groups is 2. The Labute approximate surface area is 339 Å². The zero-order chi connectivity index (χ0) is 43.3. The Kier molecular flexibility index (Phi) is 25.0. The number of carboxylic acids is 1. The van der Waals surface area contributed by atoms with Crippen LogP contribution in [-0.4, -0.2) is 185 Å². The van der Waals surface area contributed by atoms with Crippen molar-refractivity contribution < 1.29 is 86.3 Å². The van der Waals surface area contributed by atoms with Crippen LogP contribution in [0.25, 0.3) is 0 Å². The molecule has 1 saturated heterocycles. The van der Waals surface area contributed by atoms with Crippen LogP contribution in [0.5, 0.6) is 0 Å². The first-order valence-corrected chi connectivity index (χ1v) is 18.7. The van der Waals surface area contributed by atoms with Crippen LogP contribution in [0.15, 0.2) is 24.3 Å². The third-order valence-corrected chi connectivity index (χ3v) is 7.66. The summed E-state index contributed by atoms with van der Waals surface area (Å²) in [7, 11) is 0. The number of aliphatic carboxylic acids is 1. The maximum atomic E-state index is 11.7. The van der Waals surface area contributed by atoms with E-state index >= 15 is 0 Å². The second kappa shape index (κ2) is 29.7. The van der Waals surface area contributed by atoms with Gasteiger partial charge in [-0.2, -0.15) is 0 Å². The van der Waals surface area contributed by atoms with Gasteiger partial charge in [0, 0.05) is 76.2 Å². The summed E-state index contributed by atoms with van der Waals surface area (Å²) in [6.07, 6.45) is 4.72. The highest BCUT2D eigenvalue weighted by molar-refractivity contribution is 6.13. The average Bonchev–Trinajstić information content (AvgIpc) is 3.82. The van der Waals surface area contributed by atoms with Crippen LogP contribution >= 0.6 is 0 Å². The van der Waals surface area contributed by atoms with Crippen LogP contribution in [0.3, 0.4) is 0 Å². The minimum Gasteiger partial charge on any atom is -0.481 e. The molecule has 3 aliphatic heterocycles. The second-order valence-electron chi connectivity index (χ2n) is 12.1. The Morgan fingerprint density at radius 2 is 0.831 bits per heavy atom. The molecule has 0 bridgehead atoms. The number of nitrogens with one attached hydrogen (secondary N) is 2. The summed E-state index contributed by atoms with van der Waals surface area (Å²) in [5, 5.41) is 14.2. The smallest absolute Gasteiger partial charge is 0.335 e. The van der Waals surface area contributed by atoms with Gasteiger partial charge in [0.1, 0.15) is 0 Å². The van der Waals surface area contributed by atoms with Gasteiger partial charge in [-0.05, 0) is 0 Å². The summed E-state index contributed by atoms with van der Waals surface area (Å²) < 4.78 is 31.4. The van der Waals surface area contributed by atoms with Crippen molar-refractivity contribution in [3.8, 4) is 0 Å². The lowest BCUT2D eigenvalue weighted by molar-refractivity contribution is -0.198.